The van der Waals surface area contributed by atoms with Gasteiger partial charge in [0.25, 0.3) is 0 Å². The number of aliphatic hydroxyl groups is 1. The van der Waals surface area contributed by atoms with E-state index in [1.165, 1.54) is 5.69 Å². The van der Waals surface area contributed by atoms with Crippen molar-refractivity contribution in [1.82, 2.24) is 15.5 Å². The third-order valence-electron chi connectivity index (χ3n) is 4.08. The van der Waals surface area contributed by atoms with Gasteiger partial charge in [-0.05, 0) is 32.9 Å². The van der Waals surface area contributed by atoms with Crippen LogP contribution < -0.4 is 15.5 Å². The van der Waals surface area contributed by atoms with E-state index in [1.54, 1.807) is 13.8 Å². The van der Waals surface area contributed by atoms with Crippen molar-refractivity contribution >= 4 is 11.7 Å². The van der Waals surface area contributed by atoms with Crippen LogP contribution >= 0.6 is 0 Å². The molecule has 1 aliphatic rings. The minimum absolute atomic E-state index is 0.0649. The number of amides is 2. The van der Waals surface area contributed by atoms with E-state index in [9.17, 15) is 9.90 Å². The lowest BCUT2D eigenvalue weighted by molar-refractivity contribution is 0.0817. The third kappa shape index (κ3) is 6.37. The molecule has 1 aromatic rings. The number of carbonyl (C=O) groups excluding carboxylic acids is 1. The fourth-order valence-electron chi connectivity index (χ4n) is 2.83. The molecule has 1 aliphatic heterocycles. The SMILES string of the molecule is C[C@@H](CN1CCN(c2ccccc2)CC1)NC(=O)NCC(C)(C)O. The molecule has 6 nitrogen and oxygen atoms in total. The van der Waals surface area contributed by atoms with Crippen LogP contribution in [0, 0.1) is 0 Å². The topological polar surface area (TPSA) is 67.8 Å². The molecular weight excluding hydrogens is 304 g/mol. The Balaban J connectivity index is 1.68. The molecule has 1 atom stereocenters. The second-order valence-corrected chi connectivity index (χ2v) is 7.16. The van der Waals surface area contributed by atoms with Crippen LogP contribution in [0.3, 0.4) is 0 Å². The highest BCUT2D eigenvalue weighted by atomic mass is 16.3. The maximum atomic E-state index is 11.8. The number of nitrogens with one attached hydrogen (secondary N) is 2. The van der Waals surface area contributed by atoms with Crippen LogP contribution in [0.15, 0.2) is 30.3 Å². The highest BCUT2D eigenvalue weighted by Crippen LogP contribution is 2.15. The van der Waals surface area contributed by atoms with Crippen molar-refractivity contribution in [3.63, 3.8) is 0 Å². The summed E-state index contributed by atoms with van der Waals surface area (Å²) in [4.78, 5) is 16.6. The molecule has 3 N–H and O–H groups in total. The van der Waals surface area contributed by atoms with Gasteiger partial charge in [0.1, 0.15) is 0 Å². The summed E-state index contributed by atoms with van der Waals surface area (Å²) in [6.07, 6.45) is 0. The smallest absolute Gasteiger partial charge is 0.315 e. The molecule has 1 fully saturated rings. The van der Waals surface area contributed by atoms with Crippen LogP contribution in [0.5, 0.6) is 0 Å². The highest BCUT2D eigenvalue weighted by molar-refractivity contribution is 5.74. The Morgan fingerprint density at radius 1 is 1.21 bits per heavy atom. The average molecular weight is 334 g/mol. The number of anilines is 1. The Kier molecular flexibility index (Phi) is 6.45. The molecule has 0 radical (unpaired) electrons. The molecule has 2 rings (SSSR count). The molecule has 0 spiro atoms. The molecule has 6 heteroatoms. The van der Waals surface area contributed by atoms with Gasteiger partial charge in [-0.1, -0.05) is 18.2 Å². The van der Waals surface area contributed by atoms with Crippen molar-refractivity contribution in [1.29, 1.82) is 0 Å². The van der Waals surface area contributed by atoms with Gasteiger partial charge in [0.05, 0.1) is 5.60 Å². The summed E-state index contributed by atoms with van der Waals surface area (Å²) in [5.74, 6) is 0. The molecule has 0 aliphatic carbocycles. The first-order valence-electron chi connectivity index (χ1n) is 8.62. The van der Waals surface area contributed by atoms with Crippen LogP contribution in [0.25, 0.3) is 0 Å². The Bertz CT molecular complexity index is 508. The van der Waals surface area contributed by atoms with Crippen LogP contribution in [-0.4, -0.2) is 66.9 Å². The average Bonchev–Trinajstić information content (AvgIpc) is 2.54. The van der Waals surface area contributed by atoms with E-state index in [0.29, 0.717) is 0 Å². The second kappa shape index (κ2) is 8.35. The molecule has 0 bridgehead atoms. The minimum Gasteiger partial charge on any atom is -0.389 e. The predicted octanol–water partition coefficient (Wildman–Crippen LogP) is 1.27. The summed E-state index contributed by atoms with van der Waals surface area (Å²) in [7, 11) is 0. The van der Waals surface area contributed by atoms with Crippen LogP contribution in [0.1, 0.15) is 20.8 Å². The number of nitrogens with zero attached hydrogens (tertiary/aromatic N) is 2. The number of hydrogen-bond acceptors (Lipinski definition) is 4. The van der Waals surface area contributed by atoms with E-state index in [0.717, 1.165) is 32.7 Å². The number of rotatable bonds is 6. The Morgan fingerprint density at radius 3 is 2.42 bits per heavy atom. The van der Waals surface area contributed by atoms with Crippen LogP contribution in [0.2, 0.25) is 0 Å². The summed E-state index contributed by atoms with van der Waals surface area (Å²) < 4.78 is 0. The lowest BCUT2D eigenvalue weighted by Crippen LogP contribution is -2.52. The van der Waals surface area contributed by atoms with Gasteiger partial charge >= 0.3 is 6.03 Å². The Labute approximate surface area is 144 Å². The van der Waals surface area contributed by atoms with E-state index in [2.05, 4.69) is 44.7 Å². The van der Waals surface area contributed by atoms with Gasteiger partial charge in [0.15, 0.2) is 0 Å². The fraction of sp³-hybridized carbons (Fsp3) is 0.611. The maximum Gasteiger partial charge on any atom is 0.315 e. The molecule has 0 aromatic heterocycles. The minimum atomic E-state index is -0.894. The Hall–Kier alpha value is -1.79. The maximum absolute atomic E-state index is 11.8. The normalized spacial score (nSPS) is 17.4. The van der Waals surface area contributed by atoms with Crippen molar-refractivity contribution in [2.75, 3.05) is 44.2 Å². The molecule has 1 aromatic carbocycles. The van der Waals surface area contributed by atoms with Crippen molar-refractivity contribution in [2.45, 2.75) is 32.4 Å². The number of urea groups is 1. The summed E-state index contributed by atoms with van der Waals surface area (Å²) in [6, 6.07) is 10.3. The van der Waals surface area contributed by atoms with Gasteiger partial charge in [-0.25, -0.2) is 4.79 Å². The van der Waals surface area contributed by atoms with Crippen molar-refractivity contribution < 1.29 is 9.90 Å². The van der Waals surface area contributed by atoms with Gasteiger partial charge in [0, 0.05) is 51.0 Å². The number of benzene rings is 1. The lowest BCUT2D eigenvalue weighted by atomic mass is 10.1. The van der Waals surface area contributed by atoms with Crippen LogP contribution in [0.4, 0.5) is 10.5 Å². The van der Waals surface area contributed by atoms with E-state index in [1.807, 2.05) is 13.0 Å². The van der Waals surface area contributed by atoms with E-state index < -0.39 is 5.60 Å². The van der Waals surface area contributed by atoms with Crippen molar-refractivity contribution in [3.05, 3.63) is 30.3 Å². The standard InChI is InChI=1S/C18H30N4O2/c1-15(20-17(23)19-14-18(2,3)24)13-21-9-11-22(12-10-21)16-7-5-4-6-8-16/h4-8,15,24H,9-14H2,1-3H3,(H2,19,20,23)/t15-/m0/s1. The molecule has 24 heavy (non-hydrogen) atoms. The fourth-order valence-corrected chi connectivity index (χ4v) is 2.83. The first kappa shape index (κ1) is 18.5. The monoisotopic (exact) mass is 334 g/mol. The van der Waals surface area contributed by atoms with E-state index in [4.69, 9.17) is 0 Å². The molecule has 1 heterocycles. The van der Waals surface area contributed by atoms with E-state index in [-0.39, 0.29) is 18.6 Å². The number of para-hydroxylation sites is 1. The Morgan fingerprint density at radius 2 is 1.83 bits per heavy atom. The van der Waals surface area contributed by atoms with Gasteiger partial charge in [0.2, 0.25) is 0 Å². The second-order valence-electron chi connectivity index (χ2n) is 7.16. The molecule has 1 saturated heterocycles. The summed E-state index contributed by atoms with van der Waals surface area (Å²) in [5.41, 5.74) is 0.378. The molecular formula is C18H30N4O2. The predicted molar refractivity (Wildman–Crippen MR) is 97.4 cm³/mol. The molecule has 134 valence electrons. The van der Waals surface area contributed by atoms with Gasteiger partial charge in [-0.2, -0.15) is 0 Å². The largest absolute Gasteiger partial charge is 0.389 e. The summed E-state index contributed by atoms with van der Waals surface area (Å²) in [5, 5.41) is 15.2. The lowest BCUT2D eigenvalue weighted by Gasteiger charge is -2.37. The zero-order chi connectivity index (χ0) is 17.6. The first-order chi connectivity index (χ1) is 11.3. The van der Waals surface area contributed by atoms with Gasteiger partial charge in [-0.15, -0.1) is 0 Å². The van der Waals surface area contributed by atoms with Gasteiger partial charge < -0.3 is 20.6 Å². The first-order valence-corrected chi connectivity index (χ1v) is 8.62. The number of carbonyl (C=O) groups is 1. The highest BCUT2D eigenvalue weighted by Gasteiger charge is 2.20. The molecule has 0 saturated carbocycles. The van der Waals surface area contributed by atoms with Crippen molar-refractivity contribution in [2.24, 2.45) is 0 Å². The summed E-state index contributed by atoms with van der Waals surface area (Å²) >= 11 is 0. The number of hydrogen-bond donors (Lipinski definition) is 3. The zero-order valence-corrected chi connectivity index (χ0v) is 15.0. The molecule has 2 amide bonds. The van der Waals surface area contributed by atoms with E-state index >= 15 is 0 Å². The quantitative estimate of drug-likeness (QED) is 0.733. The zero-order valence-electron chi connectivity index (χ0n) is 15.0. The summed E-state index contributed by atoms with van der Waals surface area (Å²) in [6.45, 7) is 10.4. The molecule has 0 unspecified atom stereocenters. The van der Waals surface area contributed by atoms with Crippen molar-refractivity contribution in [3.8, 4) is 0 Å². The number of piperazine rings is 1. The van der Waals surface area contributed by atoms with Crippen LogP contribution in [-0.2, 0) is 0 Å². The third-order valence-corrected chi connectivity index (χ3v) is 4.08. The van der Waals surface area contributed by atoms with Gasteiger partial charge in [-0.3, -0.25) is 4.90 Å².